The molecular weight excluding hydrogens is 216 g/mol. The number of esters is 1. The summed E-state index contributed by atoms with van der Waals surface area (Å²) in [6, 6.07) is 5.50. The minimum absolute atomic E-state index is 0.179. The number of hydrogen-bond donors (Lipinski definition) is 0. The van der Waals surface area contributed by atoms with Gasteiger partial charge in [-0.1, -0.05) is 13.3 Å². The van der Waals surface area contributed by atoms with E-state index >= 15 is 0 Å². The third-order valence-corrected chi connectivity index (χ3v) is 2.66. The summed E-state index contributed by atoms with van der Waals surface area (Å²) >= 11 is 0. The molecule has 0 aliphatic rings. The van der Waals surface area contributed by atoms with Crippen LogP contribution in [0, 0.1) is 0 Å². The Hall–Kier alpha value is -1.84. The lowest BCUT2D eigenvalue weighted by atomic mass is 10.2. The van der Waals surface area contributed by atoms with Crippen LogP contribution in [0.4, 0.5) is 0 Å². The molecule has 0 aliphatic carbocycles. The molecule has 0 N–H and O–H groups in total. The monoisotopic (exact) mass is 232 g/mol. The predicted octanol–water partition coefficient (Wildman–Crippen LogP) is 2.67. The van der Waals surface area contributed by atoms with Gasteiger partial charge in [-0.3, -0.25) is 4.79 Å². The van der Waals surface area contributed by atoms with Crippen molar-refractivity contribution >= 4 is 17.0 Å². The lowest BCUT2D eigenvalue weighted by Gasteiger charge is -2.03. The van der Waals surface area contributed by atoms with E-state index in [-0.39, 0.29) is 5.97 Å². The number of carbonyl (C=O) groups excluding carboxylic acids is 1. The highest BCUT2D eigenvalue weighted by atomic mass is 16.5. The topological polar surface area (TPSA) is 44.1 Å². The fraction of sp³-hybridized carbons (Fsp3) is 0.385. The molecule has 2 rings (SSSR count). The highest BCUT2D eigenvalue weighted by Crippen LogP contribution is 2.19. The minimum Gasteiger partial charge on any atom is -0.426 e. The van der Waals surface area contributed by atoms with Crippen LogP contribution < -0.4 is 4.74 Å². The molecule has 4 heteroatoms. The molecule has 90 valence electrons. The third kappa shape index (κ3) is 2.64. The van der Waals surface area contributed by atoms with E-state index in [1.807, 2.05) is 24.6 Å². The van der Waals surface area contributed by atoms with Gasteiger partial charge in [-0.2, -0.15) is 0 Å². The quantitative estimate of drug-likeness (QED) is 0.601. The fourth-order valence-corrected chi connectivity index (χ4v) is 1.68. The van der Waals surface area contributed by atoms with E-state index in [2.05, 4.69) is 4.98 Å². The number of hydrogen-bond acceptors (Lipinski definition) is 3. The predicted molar refractivity (Wildman–Crippen MR) is 65.9 cm³/mol. The zero-order valence-corrected chi connectivity index (χ0v) is 10.1. The molecule has 1 aromatic carbocycles. The average molecular weight is 232 g/mol. The van der Waals surface area contributed by atoms with Crippen LogP contribution in [0.2, 0.25) is 0 Å². The third-order valence-electron chi connectivity index (χ3n) is 2.66. The Balaban J connectivity index is 2.11. The Morgan fingerprint density at radius 2 is 2.29 bits per heavy atom. The smallest absolute Gasteiger partial charge is 0.311 e. The van der Waals surface area contributed by atoms with Gasteiger partial charge in [0.15, 0.2) is 0 Å². The standard InChI is InChI=1S/C13H16N2O2/c1-3-4-5-13(16)17-10-6-7-12-11(8-10)14-9-15(12)2/h6-9H,3-5H2,1-2H3. The van der Waals surface area contributed by atoms with Gasteiger partial charge in [-0.15, -0.1) is 0 Å². The van der Waals surface area contributed by atoms with Gasteiger partial charge < -0.3 is 9.30 Å². The van der Waals surface area contributed by atoms with Crippen LogP contribution >= 0.6 is 0 Å². The zero-order valence-electron chi connectivity index (χ0n) is 10.1. The summed E-state index contributed by atoms with van der Waals surface area (Å²) in [6.07, 6.45) is 4.07. The summed E-state index contributed by atoms with van der Waals surface area (Å²) < 4.78 is 7.17. The van der Waals surface area contributed by atoms with Crippen molar-refractivity contribution in [3.05, 3.63) is 24.5 Å². The van der Waals surface area contributed by atoms with Crippen molar-refractivity contribution in [3.63, 3.8) is 0 Å². The number of fused-ring (bicyclic) bond motifs is 1. The normalized spacial score (nSPS) is 10.7. The van der Waals surface area contributed by atoms with Gasteiger partial charge in [-0.05, 0) is 18.6 Å². The summed E-state index contributed by atoms with van der Waals surface area (Å²) in [7, 11) is 1.93. The number of unbranched alkanes of at least 4 members (excludes halogenated alkanes) is 1. The Kier molecular flexibility index (Phi) is 3.42. The number of aromatic nitrogens is 2. The van der Waals surface area contributed by atoms with Crippen molar-refractivity contribution in [2.75, 3.05) is 0 Å². The first kappa shape index (κ1) is 11.6. The van der Waals surface area contributed by atoms with Crippen molar-refractivity contribution in [1.29, 1.82) is 0 Å². The molecule has 1 heterocycles. The second kappa shape index (κ2) is 4.99. The van der Waals surface area contributed by atoms with Crippen LogP contribution in [0.1, 0.15) is 26.2 Å². The van der Waals surface area contributed by atoms with Crippen LogP contribution in [-0.4, -0.2) is 15.5 Å². The molecule has 17 heavy (non-hydrogen) atoms. The van der Waals surface area contributed by atoms with E-state index in [1.165, 1.54) is 0 Å². The van der Waals surface area contributed by atoms with Gasteiger partial charge in [0.2, 0.25) is 0 Å². The number of benzene rings is 1. The summed E-state index contributed by atoms with van der Waals surface area (Å²) in [5.41, 5.74) is 1.87. The molecule has 0 bridgehead atoms. The van der Waals surface area contributed by atoms with Gasteiger partial charge in [0.25, 0.3) is 0 Å². The Morgan fingerprint density at radius 3 is 3.06 bits per heavy atom. The second-order valence-electron chi connectivity index (χ2n) is 4.08. The van der Waals surface area contributed by atoms with E-state index in [9.17, 15) is 4.79 Å². The molecular formula is C13H16N2O2. The van der Waals surface area contributed by atoms with Gasteiger partial charge in [-0.25, -0.2) is 4.98 Å². The van der Waals surface area contributed by atoms with Gasteiger partial charge in [0.05, 0.1) is 17.4 Å². The van der Waals surface area contributed by atoms with Gasteiger partial charge in [0, 0.05) is 19.5 Å². The van der Waals surface area contributed by atoms with Crippen molar-refractivity contribution in [2.45, 2.75) is 26.2 Å². The van der Waals surface area contributed by atoms with E-state index in [0.29, 0.717) is 12.2 Å². The van der Waals surface area contributed by atoms with E-state index < -0.39 is 0 Å². The first-order chi connectivity index (χ1) is 8.20. The average Bonchev–Trinajstić information content (AvgIpc) is 2.68. The minimum atomic E-state index is -0.179. The van der Waals surface area contributed by atoms with E-state index in [0.717, 1.165) is 23.9 Å². The molecule has 1 aromatic heterocycles. The maximum atomic E-state index is 11.5. The number of ether oxygens (including phenoxy) is 1. The second-order valence-corrected chi connectivity index (χ2v) is 4.08. The van der Waals surface area contributed by atoms with Crippen LogP contribution in [-0.2, 0) is 11.8 Å². The zero-order chi connectivity index (χ0) is 12.3. The fourth-order valence-electron chi connectivity index (χ4n) is 1.68. The molecule has 0 amide bonds. The lowest BCUT2D eigenvalue weighted by molar-refractivity contribution is -0.134. The summed E-state index contributed by atoms with van der Waals surface area (Å²) in [5.74, 6) is 0.388. The summed E-state index contributed by atoms with van der Waals surface area (Å²) in [4.78, 5) is 15.7. The number of rotatable bonds is 4. The van der Waals surface area contributed by atoms with Crippen molar-refractivity contribution < 1.29 is 9.53 Å². The molecule has 0 aliphatic heterocycles. The SMILES string of the molecule is CCCCC(=O)Oc1ccc2c(c1)ncn2C. The first-order valence-corrected chi connectivity index (χ1v) is 5.82. The number of nitrogens with zero attached hydrogens (tertiary/aromatic N) is 2. The van der Waals surface area contributed by atoms with Gasteiger partial charge in [0.1, 0.15) is 5.75 Å². The molecule has 0 radical (unpaired) electrons. The molecule has 2 aromatic rings. The Labute approximate surface area is 100 Å². The highest BCUT2D eigenvalue weighted by Gasteiger charge is 2.06. The van der Waals surface area contributed by atoms with Crippen LogP contribution in [0.3, 0.4) is 0 Å². The Bertz CT molecular complexity index is 531. The molecule has 0 unspecified atom stereocenters. The number of carbonyl (C=O) groups is 1. The maximum Gasteiger partial charge on any atom is 0.311 e. The highest BCUT2D eigenvalue weighted by molar-refractivity contribution is 5.79. The van der Waals surface area contributed by atoms with Gasteiger partial charge >= 0.3 is 5.97 Å². The molecule has 0 atom stereocenters. The number of imidazole rings is 1. The van der Waals surface area contributed by atoms with Crippen molar-refractivity contribution in [1.82, 2.24) is 9.55 Å². The van der Waals surface area contributed by atoms with Crippen molar-refractivity contribution in [3.8, 4) is 5.75 Å². The van der Waals surface area contributed by atoms with E-state index in [4.69, 9.17) is 4.74 Å². The molecule has 0 saturated heterocycles. The number of aryl methyl sites for hydroxylation is 1. The van der Waals surface area contributed by atoms with Crippen molar-refractivity contribution in [2.24, 2.45) is 7.05 Å². The molecule has 0 saturated carbocycles. The van der Waals surface area contributed by atoms with Crippen LogP contribution in [0.15, 0.2) is 24.5 Å². The summed E-state index contributed by atoms with van der Waals surface area (Å²) in [6.45, 7) is 2.05. The summed E-state index contributed by atoms with van der Waals surface area (Å²) in [5, 5.41) is 0. The Morgan fingerprint density at radius 1 is 1.47 bits per heavy atom. The lowest BCUT2D eigenvalue weighted by Crippen LogP contribution is -2.07. The molecule has 0 spiro atoms. The maximum absolute atomic E-state index is 11.5. The largest absolute Gasteiger partial charge is 0.426 e. The molecule has 4 nitrogen and oxygen atoms in total. The van der Waals surface area contributed by atoms with Crippen LogP contribution in [0.25, 0.3) is 11.0 Å². The van der Waals surface area contributed by atoms with E-state index in [1.54, 1.807) is 18.5 Å². The molecule has 0 fully saturated rings. The first-order valence-electron chi connectivity index (χ1n) is 5.82. The van der Waals surface area contributed by atoms with Crippen LogP contribution in [0.5, 0.6) is 5.75 Å².